The lowest BCUT2D eigenvalue weighted by molar-refractivity contribution is -0.167. The molecule has 6 heteroatoms. The summed E-state index contributed by atoms with van der Waals surface area (Å²) in [6.07, 6.45) is 73.5. The zero-order chi connectivity index (χ0) is 50.0. The Morgan fingerprint density at radius 2 is 0.594 bits per heavy atom. The molecule has 69 heavy (non-hydrogen) atoms. The number of carbonyl (C=O) groups is 3. The maximum Gasteiger partial charge on any atom is 0.306 e. The molecule has 0 aliphatic heterocycles. The van der Waals surface area contributed by atoms with Crippen LogP contribution in [0.2, 0.25) is 0 Å². The largest absolute Gasteiger partial charge is 0.462 e. The van der Waals surface area contributed by atoms with E-state index in [9.17, 15) is 14.4 Å². The van der Waals surface area contributed by atoms with E-state index in [0.29, 0.717) is 19.3 Å². The molecule has 0 amide bonds. The number of carbonyl (C=O) groups excluding carboxylic acids is 3. The summed E-state index contributed by atoms with van der Waals surface area (Å²) in [5.74, 6) is -0.880. The van der Waals surface area contributed by atoms with Gasteiger partial charge < -0.3 is 14.2 Å². The maximum atomic E-state index is 12.7. The first-order valence-corrected chi connectivity index (χ1v) is 29.4. The van der Waals surface area contributed by atoms with Gasteiger partial charge >= 0.3 is 17.9 Å². The summed E-state index contributed by atoms with van der Waals surface area (Å²) < 4.78 is 16.8. The Hall–Kier alpha value is -3.15. The summed E-state index contributed by atoms with van der Waals surface area (Å²) in [6, 6.07) is 0. The van der Waals surface area contributed by atoms with Gasteiger partial charge in [-0.3, -0.25) is 14.4 Å². The normalized spacial score (nSPS) is 12.6. The van der Waals surface area contributed by atoms with Gasteiger partial charge in [-0.25, -0.2) is 0 Å². The van der Waals surface area contributed by atoms with Gasteiger partial charge in [-0.2, -0.15) is 0 Å². The Morgan fingerprint density at radius 1 is 0.304 bits per heavy atom. The van der Waals surface area contributed by atoms with Gasteiger partial charge in [0, 0.05) is 19.3 Å². The van der Waals surface area contributed by atoms with Crippen LogP contribution in [0.15, 0.2) is 72.9 Å². The number of rotatable bonds is 53. The summed E-state index contributed by atoms with van der Waals surface area (Å²) in [7, 11) is 0. The smallest absolute Gasteiger partial charge is 0.306 e. The first-order valence-electron chi connectivity index (χ1n) is 29.4. The summed E-state index contributed by atoms with van der Waals surface area (Å²) in [6.45, 7) is 6.46. The number of ether oxygens (including phenoxy) is 3. The topological polar surface area (TPSA) is 78.9 Å². The van der Waals surface area contributed by atoms with Crippen LogP contribution in [0.4, 0.5) is 0 Å². The van der Waals surface area contributed by atoms with Gasteiger partial charge in [-0.1, -0.05) is 261 Å². The molecule has 0 aromatic rings. The fraction of sp³-hybridized carbons (Fsp3) is 0.762. The number of unbranched alkanes of at least 4 members (excludes halogenated alkanes) is 30. The summed E-state index contributed by atoms with van der Waals surface area (Å²) >= 11 is 0. The van der Waals surface area contributed by atoms with Gasteiger partial charge in [-0.05, 0) is 83.5 Å². The standard InChI is InChI=1S/C63H110O6/c1-4-7-10-13-16-19-22-23-24-25-26-27-28-29-30-31-32-33-34-35-36-37-38-39-40-41-42-45-47-50-53-56-62(65)68-59-60(69-63(66)57-54-51-48-44-21-18-15-12-9-6-3)58-67-61(64)55-52-49-46-43-20-17-14-11-8-5-2/h7,10,12,15-16,19,23-24,26-27,29-30,60H,4-6,8-9,11,13-14,17-18,20-22,25,28,31-59H2,1-3H3/b10-7-,15-12-,19-16-,24-23-,27-26-,30-29-. The van der Waals surface area contributed by atoms with E-state index in [1.807, 2.05) is 0 Å². The van der Waals surface area contributed by atoms with Crippen LogP contribution in [0.25, 0.3) is 0 Å². The summed E-state index contributed by atoms with van der Waals surface area (Å²) in [4.78, 5) is 37.9. The van der Waals surface area contributed by atoms with Crippen LogP contribution in [0.5, 0.6) is 0 Å². The third kappa shape index (κ3) is 55.6. The van der Waals surface area contributed by atoms with E-state index in [1.165, 1.54) is 141 Å². The van der Waals surface area contributed by atoms with Crippen LogP contribution in [0.1, 0.15) is 290 Å². The molecule has 0 aromatic heterocycles. The molecule has 1 atom stereocenters. The minimum absolute atomic E-state index is 0.0748. The molecule has 0 rings (SSSR count). The number of esters is 3. The Balaban J connectivity index is 4.05. The zero-order valence-electron chi connectivity index (χ0n) is 45.6. The van der Waals surface area contributed by atoms with Gasteiger partial charge in [0.2, 0.25) is 0 Å². The third-order valence-electron chi connectivity index (χ3n) is 12.7. The van der Waals surface area contributed by atoms with Crippen LogP contribution in [0, 0.1) is 0 Å². The lowest BCUT2D eigenvalue weighted by Gasteiger charge is -2.18. The monoisotopic (exact) mass is 963 g/mol. The van der Waals surface area contributed by atoms with E-state index in [-0.39, 0.29) is 31.1 Å². The molecule has 0 spiro atoms. The van der Waals surface area contributed by atoms with Gasteiger partial charge in [0.05, 0.1) is 0 Å². The third-order valence-corrected chi connectivity index (χ3v) is 12.7. The molecule has 0 radical (unpaired) electrons. The molecule has 1 unspecified atom stereocenters. The fourth-order valence-electron chi connectivity index (χ4n) is 8.30. The van der Waals surface area contributed by atoms with Crippen molar-refractivity contribution in [1.29, 1.82) is 0 Å². The zero-order valence-corrected chi connectivity index (χ0v) is 45.6. The van der Waals surface area contributed by atoms with E-state index >= 15 is 0 Å². The van der Waals surface area contributed by atoms with Crippen molar-refractivity contribution in [3.8, 4) is 0 Å². The highest BCUT2D eigenvalue weighted by Gasteiger charge is 2.19. The van der Waals surface area contributed by atoms with Gasteiger partial charge in [0.1, 0.15) is 13.2 Å². The minimum Gasteiger partial charge on any atom is -0.462 e. The van der Waals surface area contributed by atoms with Crippen LogP contribution in [0.3, 0.4) is 0 Å². The molecule has 0 aromatic carbocycles. The highest BCUT2D eigenvalue weighted by molar-refractivity contribution is 5.71. The SMILES string of the molecule is CC/C=C\C/C=C\C/C=C\C/C=C\C/C=C\CCCCCCCCCCCCCCCCCC(=O)OCC(COC(=O)CCCCCCCCCCCC)OC(=O)CCCCCCC/C=C\CCC. The molecule has 0 aliphatic rings. The first-order chi connectivity index (χ1) is 34.0. The van der Waals surface area contributed by atoms with Crippen LogP contribution in [-0.2, 0) is 28.6 Å². The summed E-state index contributed by atoms with van der Waals surface area (Å²) in [5.41, 5.74) is 0. The molecular formula is C63H110O6. The van der Waals surface area contributed by atoms with E-state index in [2.05, 4.69) is 93.7 Å². The van der Waals surface area contributed by atoms with Crippen molar-refractivity contribution in [3.05, 3.63) is 72.9 Å². The fourth-order valence-corrected chi connectivity index (χ4v) is 8.30. The summed E-state index contributed by atoms with van der Waals surface area (Å²) in [5, 5.41) is 0. The predicted molar refractivity (Wildman–Crippen MR) is 298 cm³/mol. The van der Waals surface area contributed by atoms with Crippen molar-refractivity contribution in [1.82, 2.24) is 0 Å². The van der Waals surface area contributed by atoms with Crippen LogP contribution < -0.4 is 0 Å². The second-order valence-corrected chi connectivity index (χ2v) is 19.5. The molecule has 0 bridgehead atoms. The van der Waals surface area contributed by atoms with Crippen molar-refractivity contribution >= 4 is 17.9 Å². The van der Waals surface area contributed by atoms with Crippen molar-refractivity contribution in [2.75, 3.05) is 13.2 Å². The minimum atomic E-state index is -0.774. The highest BCUT2D eigenvalue weighted by Crippen LogP contribution is 2.16. The van der Waals surface area contributed by atoms with Gasteiger partial charge in [0.25, 0.3) is 0 Å². The molecule has 0 heterocycles. The molecule has 398 valence electrons. The van der Waals surface area contributed by atoms with E-state index in [1.54, 1.807) is 0 Å². The first kappa shape index (κ1) is 65.8. The molecule has 0 saturated heterocycles. The van der Waals surface area contributed by atoms with Crippen LogP contribution >= 0.6 is 0 Å². The number of allylic oxidation sites excluding steroid dienone is 12. The van der Waals surface area contributed by atoms with Crippen molar-refractivity contribution < 1.29 is 28.6 Å². The van der Waals surface area contributed by atoms with Gasteiger partial charge in [-0.15, -0.1) is 0 Å². The molecule has 0 fully saturated rings. The Morgan fingerprint density at radius 3 is 0.957 bits per heavy atom. The Bertz CT molecular complexity index is 1290. The van der Waals surface area contributed by atoms with E-state index < -0.39 is 6.10 Å². The molecule has 6 nitrogen and oxygen atoms in total. The lowest BCUT2D eigenvalue weighted by atomic mass is 10.0. The average Bonchev–Trinajstić information content (AvgIpc) is 3.35. The van der Waals surface area contributed by atoms with Crippen molar-refractivity contribution in [2.45, 2.75) is 297 Å². The molecule has 0 aliphatic carbocycles. The highest BCUT2D eigenvalue weighted by atomic mass is 16.6. The molecular weight excluding hydrogens is 853 g/mol. The lowest BCUT2D eigenvalue weighted by Crippen LogP contribution is -2.30. The predicted octanol–water partition coefficient (Wildman–Crippen LogP) is 19.8. The Labute approximate surface area is 427 Å². The van der Waals surface area contributed by atoms with Crippen molar-refractivity contribution in [3.63, 3.8) is 0 Å². The van der Waals surface area contributed by atoms with Gasteiger partial charge in [0.15, 0.2) is 6.10 Å². The molecule has 0 N–H and O–H groups in total. The quantitative estimate of drug-likeness (QED) is 0.0262. The average molecular weight is 964 g/mol. The number of hydrogen-bond acceptors (Lipinski definition) is 6. The van der Waals surface area contributed by atoms with E-state index in [4.69, 9.17) is 14.2 Å². The van der Waals surface area contributed by atoms with Crippen molar-refractivity contribution in [2.24, 2.45) is 0 Å². The molecule has 0 saturated carbocycles. The second-order valence-electron chi connectivity index (χ2n) is 19.5. The maximum absolute atomic E-state index is 12.7. The number of hydrogen-bond donors (Lipinski definition) is 0. The van der Waals surface area contributed by atoms with E-state index in [0.717, 1.165) is 109 Å². The Kier molecular flexibility index (Phi) is 54.8. The van der Waals surface area contributed by atoms with Crippen LogP contribution in [-0.4, -0.2) is 37.2 Å². The second kappa shape index (κ2) is 57.4.